The molecule has 3 aromatic rings. The van der Waals surface area contributed by atoms with Gasteiger partial charge in [-0.2, -0.15) is 5.10 Å². The third-order valence-electron chi connectivity index (χ3n) is 4.82. The van der Waals surface area contributed by atoms with Crippen molar-refractivity contribution in [3.63, 3.8) is 0 Å². The lowest BCUT2D eigenvalue weighted by molar-refractivity contribution is -0.136. The Hall–Kier alpha value is -4.53. The molecule has 0 aliphatic carbocycles. The molecule has 0 heterocycles. The third-order valence-corrected chi connectivity index (χ3v) is 4.82. The first-order valence-corrected chi connectivity index (χ1v) is 10.3. The van der Waals surface area contributed by atoms with E-state index in [0.29, 0.717) is 11.3 Å². The minimum absolute atomic E-state index is 0.153. The standard InChI is InChI=1S/C25H23FN4O4/c1-16-4-3-5-22(17(16)2)29-23(31)15-34-21-12-6-18(7-13-21)14-27-30-25(33)24(32)28-20-10-8-19(26)9-11-20/h3-14H,15H2,1-2H3,(H,28,32)(H,29,31)(H,30,33)/b27-14-. The molecule has 0 fully saturated rings. The van der Waals surface area contributed by atoms with E-state index < -0.39 is 17.6 Å². The van der Waals surface area contributed by atoms with Crippen LogP contribution >= 0.6 is 0 Å². The first-order valence-electron chi connectivity index (χ1n) is 10.3. The van der Waals surface area contributed by atoms with Gasteiger partial charge in [0.05, 0.1) is 6.21 Å². The molecule has 3 aromatic carbocycles. The maximum Gasteiger partial charge on any atom is 0.329 e. The van der Waals surface area contributed by atoms with Crippen LogP contribution in [0, 0.1) is 19.7 Å². The van der Waals surface area contributed by atoms with Gasteiger partial charge >= 0.3 is 11.8 Å². The van der Waals surface area contributed by atoms with Crippen molar-refractivity contribution in [1.29, 1.82) is 0 Å². The average Bonchev–Trinajstić information content (AvgIpc) is 2.83. The Balaban J connectivity index is 1.44. The van der Waals surface area contributed by atoms with Gasteiger partial charge in [0, 0.05) is 11.4 Å². The van der Waals surface area contributed by atoms with Crippen molar-refractivity contribution in [2.75, 3.05) is 17.2 Å². The Morgan fingerprint density at radius 1 is 0.912 bits per heavy atom. The lowest BCUT2D eigenvalue weighted by Gasteiger charge is -2.11. The van der Waals surface area contributed by atoms with Gasteiger partial charge in [-0.15, -0.1) is 0 Å². The number of carbonyl (C=O) groups excluding carboxylic acids is 3. The van der Waals surface area contributed by atoms with Crippen LogP contribution in [0.25, 0.3) is 0 Å². The highest BCUT2D eigenvalue weighted by molar-refractivity contribution is 6.39. The highest BCUT2D eigenvalue weighted by Gasteiger charge is 2.12. The maximum atomic E-state index is 12.9. The fourth-order valence-electron chi connectivity index (χ4n) is 2.81. The molecule has 0 radical (unpaired) electrons. The Bertz CT molecular complexity index is 1210. The lowest BCUT2D eigenvalue weighted by Crippen LogP contribution is -2.32. The molecule has 0 saturated heterocycles. The van der Waals surface area contributed by atoms with Gasteiger partial charge in [0.1, 0.15) is 11.6 Å². The second-order valence-corrected chi connectivity index (χ2v) is 7.31. The number of amides is 3. The maximum absolute atomic E-state index is 12.9. The van der Waals surface area contributed by atoms with E-state index in [1.807, 2.05) is 32.0 Å². The lowest BCUT2D eigenvalue weighted by atomic mass is 10.1. The van der Waals surface area contributed by atoms with Gasteiger partial charge in [0.2, 0.25) is 0 Å². The molecule has 174 valence electrons. The summed E-state index contributed by atoms with van der Waals surface area (Å²) in [5.41, 5.74) is 5.85. The van der Waals surface area contributed by atoms with Crippen LogP contribution in [-0.4, -0.2) is 30.5 Å². The van der Waals surface area contributed by atoms with E-state index in [2.05, 4.69) is 21.2 Å². The number of hydrazone groups is 1. The van der Waals surface area contributed by atoms with Crippen molar-refractivity contribution >= 4 is 35.3 Å². The summed E-state index contributed by atoms with van der Waals surface area (Å²) in [7, 11) is 0. The van der Waals surface area contributed by atoms with Crippen LogP contribution in [0.1, 0.15) is 16.7 Å². The molecule has 34 heavy (non-hydrogen) atoms. The van der Waals surface area contributed by atoms with Gasteiger partial charge in [-0.25, -0.2) is 9.82 Å². The second-order valence-electron chi connectivity index (χ2n) is 7.31. The molecule has 3 rings (SSSR count). The molecular weight excluding hydrogens is 439 g/mol. The summed E-state index contributed by atoms with van der Waals surface area (Å²) in [6.07, 6.45) is 1.35. The first kappa shape index (κ1) is 24.1. The third kappa shape index (κ3) is 6.99. The number of nitrogens with one attached hydrogen (secondary N) is 3. The Morgan fingerprint density at radius 3 is 2.32 bits per heavy atom. The first-order chi connectivity index (χ1) is 16.3. The minimum atomic E-state index is -0.976. The molecule has 0 saturated carbocycles. The number of hydrogen-bond acceptors (Lipinski definition) is 5. The number of hydrogen-bond donors (Lipinski definition) is 3. The summed E-state index contributed by atoms with van der Waals surface area (Å²) in [6, 6.07) is 17.3. The van der Waals surface area contributed by atoms with Crippen LogP contribution in [0.2, 0.25) is 0 Å². The SMILES string of the molecule is Cc1cccc(NC(=O)COc2ccc(/C=N\NC(=O)C(=O)Nc3ccc(F)cc3)cc2)c1C. The van der Waals surface area contributed by atoms with Crippen LogP contribution in [-0.2, 0) is 14.4 Å². The minimum Gasteiger partial charge on any atom is -0.484 e. The number of nitrogens with zero attached hydrogens (tertiary/aromatic N) is 1. The van der Waals surface area contributed by atoms with Crippen molar-refractivity contribution in [3.8, 4) is 5.75 Å². The average molecular weight is 462 g/mol. The molecule has 0 atom stereocenters. The van der Waals surface area contributed by atoms with Crippen molar-refractivity contribution in [2.45, 2.75) is 13.8 Å². The predicted octanol–water partition coefficient (Wildman–Crippen LogP) is 3.55. The summed E-state index contributed by atoms with van der Waals surface area (Å²) in [6.45, 7) is 3.76. The summed E-state index contributed by atoms with van der Waals surface area (Å²) >= 11 is 0. The molecule has 0 unspecified atom stereocenters. The Labute approximate surface area is 195 Å². The predicted molar refractivity (Wildman–Crippen MR) is 127 cm³/mol. The van der Waals surface area contributed by atoms with Gasteiger partial charge < -0.3 is 15.4 Å². The second kappa shape index (κ2) is 11.4. The smallest absolute Gasteiger partial charge is 0.329 e. The van der Waals surface area contributed by atoms with E-state index >= 15 is 0 Å². The zero-order valence-electron chi connectivity index (χ0n) is 18.6. The molecule has 3 N–H and O–H groups in total. The van der Waals surface area contributed by atoms with E-state index in [1.165, 1.54) is 18.3 Å². The molecule has 0 spiro atoms. The molecular formula is C25H23FN4O4. The molecule has 0 bridgehead atoms. The van der Waals surface area contributed by atoms with Crippen molar-refractivity contribution in [1.82, 2.24) is 5.43 Å². The van der Waals surface area contributed by atoms with Crippen LogP contribution in [0.15, 0.2) is 71.8 Å². The van der Waals surface area contributed by atoms with Crippen LogP contribution in [0.3, 0.4) is 0 Å². The zero-order valence-corrected chi connectivity index (χ0v) is 18.6. The van der Waals surface area contributed by atoms with Gasteiger partial charge in [-0.1, -0.05) is 12.1 Å². The number of carbonyl (C=O) groups is 3. The number of aryl methyl sites for hydroxylation is 1. The molecule has 0 aliphatic rings. The van der Waals surface area contributed by atoms with Crippen molar-refractivity contribution in [3.05, 3.63) is 89.2 Å². The molecule has 0 aromatic heterocycles. The van der Waals surface area contributed by atoms with E-state index in [9.17, 15) is 18.8 Å². The van der Waals surface area contributed by atoms with E-state index in [1.54, 1.807) is 24.3 Å². The number of rotatable bonds is 7. The van der Waals surface area contributed by atoms with Crippen molar-refractivity contribution in [2.24, 2.45) is 5.10 Å². The quantitative estimate of drug-likeness (QED) is 0.283. The fourth-order valence-corrected chi connectivity index (χ4v) is 2.81. The zero-order chi connectivity index (χ0) is 24.5. The molecule has 8 nitrogen and oxygen atoms in total. The number of benzene rings is 3. The largest absolute Gasteiger partial charge is 0.484 e. The van der Waals surface area contributed by atoms with E-state index in [-0.39, 0.29) is 18.2 Å². The van der Waals surface area contributed by atoms with E-state index in [4.69, 9.17) is 4.74 Å². The highest BCUT2D eigenvalue weighted by atomic mass is 19.1. The number of halogens is 1. The van der Waals surface area contributed by atoms with E-state index in [0.717, 1.165) is 28.9 Å². The highest BCUT2D eigenvalue weighted by Crippen LogP contribution is 2.18. The summed E-state index contributed by atoms with van der Waals surface area (Å²) in [5.74, 6) is -2.16. The Kier molecular flexibility index (Phi) is 8.07. The van der Waals surface area contributed by atoms with Crippen LogP contribution in [0.4, 0.5) is 15.8 Å². The molecule has 0 aliphatic heterocycles. The van der Waals surface area contributed by atoms with Gasteiger partial charge in [0.25, 0.3) is 5.91 Å². The van der Waals surface area contributed by atoms with Crippen molar-refractivity contribution < 1.29 is 23.5 Å². The Morgan fingerprint density at radius 2 is 1.62 bits per heavy atom. The number of anilines is 2. The van der Waals surface area contributed by atoms with Gasteiger partial charge in [-0.05, 0) is 85.1 Å². The normalized spacial score (nSPS) is 10.6. The van der Waals surface area contributed by atoms with Crippen LogP contribution < -0.4 is 20.8 Å². The summed E-state index contributed by atoms with van der Waals surface area (Å²) in [4.78, 5) is 35.8. The molecule has 3 amide bonds. The van der Waals surface area contributed by atoms with Crippen LogP contribution in [0.5, 0.6) is 5.75 Å². The van der Waals surface area contributed by atoms with Gasteiger partial charge in [0.15, 0.2) is 6.61 Å². The molecule has 9 heteroatoms. The summed E-state index contributed by atoms with van der Waals surface area (Å²) < 4.78 is 18.4. The fraction of sp³-hybridized carbons (Fsp3) is 0.120. The topological polar surface area (TPSA) is 109 Å². The summed E-state index contributed by atoms with van der Waals surface area (Å²) in [5, 5.41) is 8.89. The number of ether oxygens (including phenoxy) is 1. The van der Waals surface area contributed by atoms with Gasteiger partial charge in [-0.3, -0.25) is 14.4 Å². The monoisotopic (exact) mass is 462 g/mol.